The van der Waals surface area contributed by atoms with E-state index in [9.17, 15) is 32.7 Å². The van der Waals surface area contributed by atoms with Gasteiger partial charge in [-0.3, -0.25) is 14.4 Å². The summed E-state index contributed by atoms with van der Waals surface area (Å²) in [6.07, 6.45) is 10.9. The Morgan fingerprint density at radius 3 is 1.19 bits per heavy atom. The molecule has 3 aliphatic heterocycles. The third kappa shape index (κ3) is 21.6. The van der Waals surface area contributed by atoms with Crippen molar-refractivity contribution in [2.24, 2.45) is 0 Å². The molecule has 5 N–H and O–H groups in total. The van der Waals surface area contributed by atoms with E-state index in [2.05, 4.69) is 57.0 Å². The highest BCUT2D eigenvalue weighted by Gasteiger charge is 2.26. The van der Waals surface area contributed by atoms with Gasteiger partial charge in [0, 0.05) is 64.0 Å². The van der Waals surface area contributed by atoms with Gasteiger partial charge in [0.1, 0.15) is 46.9 Å². The Bertz CT molecular complexity index is 3630. The lowest BCUT2D eigenvalue weighted by atomic mass is 10.1. The zero-order valence-corrected chi connectivity index (χ0v) is 54.1. The van der Waals surface area contributed by atoms with E-state index in [1.165, 1.54) is 95.8 Å². The number of pyridine rings is 3. The Balaban J connectivity index is 0.000000172. The Hall–Kier alpha value is -9.41. The number of rotatable bonds is 20. The maximum Gasteiger partial charge on any atom is 0.274 e. The van der Waals surface area contributed by atoms with Gasteiger partial charge in [0.15, 0.2) is 51.6 Å². The molecule has 3 saturated heterocycles. The van der Waals surface area contributed by atoms with Crippen LogP contribution in [0.1, 0.15) is 117 Å². The van der Waals surface area contributed by atoms with Crippen LogP contribution in [0.25, 0.3) is 0 Å². The molecule has 3 fully saturated rings. The van der Waals surface area contributed by atoms with Crippen molar-refractivity contribution in [1.29, 1.82) is 0 Å². The molecule has 490 valence electrons. The molecule has 3 aromatic heterocycles. The lowest BCUT2D eigenvalue weighted by Gasteiger charge is -2.28. The van der Waals surface area contributed by atoms with Crippen LogP contribution in [-0.2, 0) is 32.8 Å². The number of benzene rings is 5. The van der Waals surface area contributed by atoms with Gasteiger partial charge in [-0.05, 0) is 145 Å². The summed E-state index contributed by atoms with van der Waals surface area (Å²) >= 11 is 3.29. The van der Waals surface area contributed by atoms with E-state index in [1.807, 2.05) is 66.7 Å². The van der Waals surface area contributed by atoms with E-state index >= 15 is 0 Å². The Labute approximate surface area is 549 Å². The summed E-state index contributed by atoms with van der Waals surface area (Å²) in [5, 5.41) is 21.9. The summed E-state index contributed by atoms with van der Waals surface area (Å²) in [5.74, 6) is 0.374. The highest BCUT2D eigenvalue weighted by molar-refractivity contribution is 9.10. The second-order valence-corrected chi connectivity index (χ2v) is 22.8. The first-order valence-electron chi connectivity index (χ1n) is 31.0. The molecule has 0 spiro atoms. The van der Waals surface area contributed by atoms with Crippen molar-refractivity contribution in [2.75, 3.05) is 70.4 Å². The van der Waals surface area contributed by atoms with Crippen molar-refractivity contribution in [2.45, 2.75) is 90.6 Å². The van der Waals surface area contributed by atoms with Gasteiger partial charge in [0.25, 0.3) is 17.7 Å². The van der Waals surface area contributed by atoms with Crippen molar-refractivity contribution >= 4 is 45.3 Å². The molecule has 0 unspecified atom stereocenters. The summed E-state index contributed by atoms with van der Waals surface area (Å²) in [7, 11) is 4.50. The molecule has 22 heteroatoms. The molecule has 0 aliphatic carbocycles. The Morgan fingerprint density at radius 1 is 0.462 bits per heavy atom. The number of carbonyl (C=O) groups excluding carboxylic acids is 3. The number of halogens is 4. The first-order chi connectivity index (χ1) is 45.3. The minimum atomic E-state index is -0.510. The third-order valence-corrected chi connectivity index (χ3v) is 15.6. The zero-order chi connectivity index (χ0) is 65.7. The van der Waals surface area contributed by atoms with E-state index in [0.29, 0.717) is 33.5 Å². The van der Waals surface area contributed by atoms with Crippen molar-refractivity contribution in [3.05, 3.63) is 219 Å². The van der Waals surface area contributed by atoms with Crippen molar-refractivity contribution < 1.29 is 56.3 Å². The molecule has 0 radical (unpaired) electrons. The highest BCUT2D eigenvalue weighted by atomic mass is 79.9. The van der Waals surface area contributed by atoms with E-state index in [0.717, 1.165) is 79.7 Å². The fraction of sp³-hybridized carbons (Fsp3) is 0.324. The number of nitrogens with zero attached hydrogens (tertiary/aromatic N) is 5. The second kappa shape index (κ2) is 36.6. The molecule has 3 aliphatic rings. The number of piperidine rings is 3. The first kappa shape index (κ1) is 69.5. The lowest BCUT2D eigenvalue weighted by molar-refractivity contribution is 0.0931. The normalized spacial score (nSPS) is 13.4. The minimum absolute atomic E-state index is 0.0768. The van der Waals surface area contributed by atoms with Gasteiger partial charge in [-0.2, -0.15) is 0 Å². The van der Waals surface area contributed by atoms with Crippen LogP contribution in [0, 0.1) is 17.5 Å². The second-order valence-electron chi connectivity index (χ2n) is 21.9. The first-order valence-corrected chi connectivity index (χ1v) is 31.8. The number of nitrogens with one attached hydrogen (secondary N) is 4. The van der Waals surface area contributed by atoms with Crippen LogP contribution in [0.3, 0.4) is 0 Å². The van der Waals surface area contributed by atoms with Gasteiger partial charge in [0.05, 0.1) is 21.3 Å². The molecule has 0 atom stereocenters. The maximum absolute atomic E-state index is 13.2. The molecular weight excluding hydrogens is 1260 g/mol. The molecule has 8 aromatic rings. The number of carbonyl (C=O) groups is 3. The summed E-state index contributed by atoms with van der Waals surface area (Å²) in [6.45, 7) is 7.21. The predicted octanol–water partition coefficient (Wildman–Crippen LogP) is 12.8. The number of hydrogen-bond donors (Lipinski definition) is 5. The molecule has 3 amide bonds. The van der Waals surface area contributed by atoms with Gasteiger partial charge in [-0.1, -0.05) is 103 Å². The van der Waals surface area contributed by atoms with Crippen LogP contribution < -0.4 is 54.8 Å². The van der Waals surface area contributed by atoms with E-state index in [-0.39, 0.29) is 90.5 Å². The Morgan fingerprint density at radius 2 is 0.817 bits per heavy atom. The average molecular weight is 1340 g/mol. The smallest absolute Gasteiger partial charge is 0.274 e. The van der Waals surface area contributed by atoms with E-state index < -0.39 is 11.8 Å². The number of aromatic nitrogens is 3. The van der Waals surface area contributed by atoms with Crippen molar-refractivity contribution in [3.8, 4) is 34.5 Å². The zero-order valence-electron chi connectivity index (χ0n) is 52.5. The van der Waals surface area contributed by atoms with E-state index in [1.54, 1.807) is 55.6 Å². The van der Waals surface area contributed by atoms with Crippen molar-refractivity contribution in [1.82, 2.24) is 36.2 Å². The summed E-state index contributed by atoms with van der Waals surface area (Å²) in [4.78, 5) is 56.0. The van der Waals surface area contributed by atoms with Crippen LogP contribution in [0.4, 0.5) is 24.8 Å². The highest BCUT2D eigenvalue weighted by Crippen LogP contribution is 2.37. The summed E-state index contributed by atoms with van der Waals surface area (Å²) in [6, 6.07) is 42.2. The Kier molecular flexibility index (Phi) is 27.3. The number of ether oxygens (including phenoxy) is 5. The number of hydrogen-bond acceptors (Lipinski definition) is 15. The lowest BCUT2D eigenvalue weighted by Crippen LogP contribution is -2.31. The topological polar surface area (TPSA) is 211 Å². The van der Waals surface area contributed by atoms with Crippen LogP contribution >= 0.6 is 15.9 Å². The van der Waals surface area contributed by atoms with Crippen LogP contribution in [0.2, 0.25) is 0 Å². The fourth-order valence-electron chi connectivity index (χ4n) is 10.1. The molecule has 6 heterocycles. The summed E-state index contributed by atoms with van der Waals surface area (Å²) in [5.41, 5.74) is 4.42. The minimum Gasteiger partial charge on any atom is -0.503 e. The molecule has 18 nitrogen and oxygen atoms in total. The fourth-order valence-corrected chi connectivity index (χ4v) is 10.5. The van der Waals surface area contributed by atoms with Crippen LogP contribution in [0.5, 0.6) is 34.5 Å². The van der Waals surface area contributed by atoms with Crippen LogP contribution in [0.15, 0.2) is 156 Å². The molecule has 11 rings (SSSR count). The van der Waals surface area contributed by atoms with E-state index in [4.69, 9.17) is 28.7 Å². The summed E-state index contributed by atoms with van der Waals surface area (Å²) < 4.78 is 67.7. The maximum atomic E-state index is 13.2. The van der Waals surface area contributed by atoms with Crippen molar-refractivity contribution in [3.63, 3.8) is 0 Å². The molecule has 0 saturated carbocycles. The SMILES string of the molecule is C1CCNCC1.COc1cc(Br)nc(C(=O)NCc2ccc(F)cc2)c1OCc1ccccc1.COc1cc(N2CCCCC2)nc(C(=O)NCc2ccc(F)cc2)c1O.COc1cc(N2CCCCC2)nc(C(=O)NCc2ccc(F)cc2)c1OCc1ccccc1. The standard InChI is InChI=1S/C26H28FN3O3.C21H18BrFN2O3.C19H22FN3O3.C5H11N/c1-32-22-16-23(30-14-6-3-7-15-30)29-24(25(22)33-18-20-8-4-2-5-9-20)26(31)28-17-19-10-12-21(27)13-11-19;1-27-17-11-18(22)25-19(20(17)28-13-15-5-3-2-4-6-15)21(26)24-12-14-7-9-16(23)10-8-14;1-26-15-11-16(23-9-3-2-4-10-23)22-17(18(15)24)19(25)21-12-13-5-7-14(20)8-6-13;1-2-4-6-5-3-1/h2,4-5,8-13,16H,3,6-7,14-15,17-18H2,1H3,(H,28,31);2-11H,12-13H2,1H3,(H,24,26);5-8,11,24H,2-4,9-10,12H2,1H3,(H,21,25);6H,1-5H2. The monoisotopic (exact) mass is 1340 g/mol. The van der Waals surface area contributed by atoms with Gasteiger partial charge < -0.3 is 59.9 Å². The van der Waals surface area contributed by atoms with Crippen LogP contribution in [-0.4, -0.2) is 98.4 Å². The predicted molar refractivity (Wildman–Crippen MR) is 355 cm³/mol. The number of amides is 3. The number of aromatic hydroxyl groups is 1. The quantitative estimate of drug-likeness (QED) is 0.0449. The largest absolute Gasteiger partial charge is 0.503 e. The number of methoxy groups -OCH3 is 3. The van der Waals surface area contributed by atoms with Gasteiger partial charge in [-0.25, -0.2) is 28.1 Å². The number of anilines is 2. The van der Waals surface area contributed by atoms with Gasteiger partial charge >= 0.3 is 0 Å². The van der Waals surface area contributed by atoms with Gasteiger partial charge in [-0.15, -0.1) is 0 Å². The van der Waals surface area contributed by atoms with Gasteiger partial charge in [0.2, 0.25) is 0 Å². The third-order valence-electron chi connectivity index (χ3n) is 15.2. The molecular formula is C71H79BrF3N9O9. The average Bonchev–Trinajstić information content (AvgIpc) is 0.878. The molecule has 93 heavy (non-hydrogen) atoms. The molecule has 5 aromatic carbocycles. The molecule has 0 bridgehead atoms.